The minimum absolute atomic E-state index is 0.0670. The number of fused-ring (bicyclic) bond motifs is 1. The summed E-state index contributed by atoms with van der Waals surface area (Å²) in [6, 6.07) is 12.0. The SMILES string of the molecule is CCOc1cccc2cc(S(=O)(=O)c3cccc(Cl)c3)c(=O)oc12. The smallest absolute Gasteiger partial charge is 0.355 e. The van der Waals surface area contributed by atoms with E-state index in [4.69, 9.17) is 20.8 Å². The maximum absolute atomic E-state index is 12.7. The van der Waals surface area contributed by atoms with Gasteiger partial charge in [-0.3, -0.25) is 0 Å². The highest BCUT2D eigenvalue weighted by Crippen LogP contribution is 2.28. The van der Waals surface area contributed by atoms with Crippen LogP contribution in [0.5, 0.6) is 5.75 Å². The first kappa shape index (κ1) is 16.5. The van der Waals surface area contributed by atoms with Crippen LogP contribution in [0.25, 0.3) is 11.0 Å². The summed E-state index contributed by atoms with van der Waals surface area (Å²) < 4.78 is 36.0. The highest BCUT2D eigenvalue weighted by Gasteiger charge is 2.24. The van der Waals surface area contributed by atoms with E-state index in [0.717, 1.165) is 0 Å². The number of halogens is 1. The van der Waals surface area contributed by atoms with Crippen molar-refractivity contribution >= 4 is 32.4 Å². The van der Waals surface area contributed by atoms with Gasteiger partial charge >= 0.3 is 5.63 Å². The highest BCUT2D eigenvalue weighted by atomic mass is 35.5. The topological polar surface area (TPSA) is 73.6 Å². The molecule has 0 fully saturated rings. The van der Waals surface area contributed by atoms with Gasteiger partial charge in [-0.2, -0.15) is 0 Å². The fourth-order valence-corrected chi connectivity index (χ4v) is 3.91. The van der Waals surface area contributed by atoms with Crippen molar-refractivity contribution in [3.05, 3.63) is 64.0 Å². The summed E-state index contributed by atoms with van der Waals surface area (Å²) in [6.45, 7) is 2.19. The standard InChI is InChI=1S/C17H13ClO5S/c1-2-22-14-8-3-5-11-9-15(17(19)23-16(11)14)24(20,21)13-7-4-6-12(18)10-13/h3-10H,2H2,1H3. The van der Waals surface area contributed by atoms with Crippen LogP contribution in [0.4, 0.5) is 0 Å². The summed E-state index contributed by atoms with van der Waals surface area (Å²) in [7, 11) is -4.04. The maximum Gasteiger partial charge on any atom is 0.355 e. The Morgan fingerprint density at radius 3 is 2.58 bits per heavy atom. The lowest BCUT2D eigenvalue weighted by Crippen LogP contribution is -2.14. The molecule has 0 amide bonds. The number of rotatable bonds is 4. The van der Waals surface area contributed by atoms with Crippen molar-refractivity contribution in [2.75, 3.05) is 6.61 Å². The number of ether oxygens (including phenoxy) is 1. The molecule has 3 aromatic rings. The van der Waals surface area contributed by atoms with Gasteiger partial charge in [0.15, 0.2) is 16.2 Å². The van der Waals surface area contributed by atoms with E-state index in [2.05, 4.69) is 0 Å². The number of para-hydroxylation sites is 1. The van der Waals surface area contributed by atoms with Crippen LogP contribution in [0.3, 0.4) is 0 Å². The van der Waals surface area contributed by atoms with Crippen LogP contribution in [-0.2, 0) is 9.84 Å². The molecule has 2 aromatic carbocycles. The Morgan fingerprint density at radius 1 is 1.12 bits per heavy atom. The minimum atomic E-state index is -4.04. The van der Waals surface area contributed by atoms with Gasteiger partial charge in [0.05, 0.1) is 11.5 Å². The van der Waals surface area contributed by atoms with Crippen molar-refractivity contribution in [3.63, 3.8) is 0 Å². The number of hydrogen-bond acceptors (Lipinski definition) is 5. The van der Waals surface area contributed by atoms with Gasteiger partial charge in [-0.15, -0.1) is 0 Å². The molecule has 0 bridgehead atoms. The Labute approximate surface area is 143 Å². The molecule has 0 saturated carbocycles. The van der Waals surface area contributed by atoms with E-state index in [0.29, 0.717) is 17.7 Å². The third-order valence-corrected chi connectivity index (χ3v) is 5.36. The first-order valence-electron chi connectivity index (χ1n) is 7.14. The molecular formula is C17H13ClO5S. The maximum atomic E-state index is 12.7. The van der Waals surface area contributed by atoms with Gasteiger partial charge in [0.1, 0.15) is 0 Å². The van der Waals surface area contributed by atoms with Gasteiger partial charge in [-0.25, -0.2) is 13.2 Å². The summed E-state index contributed by atoms with van der Waals surface area (Å²) in [4.78, 5) is 11.8. The first-order valence-corrected chi connectivity index (χ1v) is 9.00. The largest absolute Gasteiger partial charge is 0.490 e. The van der Waals surface area contributed by atoms with Crippen molar-refractivity contribution in [2.24, 2.45) is 0 Å². The van der Waals surface area contributed by atoms with Gasteiger partial charge < -0.3 is 9.15 Å². The molecule has 1 aromatic heterocycles. The van der Waals surface area contributed by atoms with E-state index < -0.39 is 20.4 Å². The van der Waals surface area contributed by atoms with Crippen molar-refractivity contribution in [1.29, 1.82) is 0 Å². The van der Waals surface area contributed by atoms with Gasteiger partial charge in [0.2, 0.25) is 9.84 Å². The second-order valence-electron chi connectivity index (χ2n) is 4.97. The number of sulfone groups is 1. The molecule has 0 radical (unpaired) electrons. The molecule has 0 aliphatic rings. The third kappa shape index (κ3) is 2.90. The normalized spacial score (nSPS) is 11.6. The van der Waals surface area contributed by atoms with E-state index in [1.807, 2.05) is 0 Å². The molecule has 0 aliphatic heterocycles. The van der Waals surface area contributed by atoms with Gasteiger partial charge in [-0.05, 0) is 37.3 Å². The lowest BCUT2D eigenvalue weighted by Gasteiger charge is -2.08. The van der Waals surface area contributed by atoms with Crippen LogP contribution in [0.1, 0.15) is 6.92 Å². The van der Waals surface area contributed by atoms with Crippen LogP contribution >= 0.6 is 11.6 Å². The average molecular weight is 365 g/mol. The molecule has 1 heterocycles. The lowest BCUT2D eigenvalue weighted by atomic mass is 10.2. The van der Waals surface area contributed by atoms with E-state index in [1.54, 1.807) is 31.2 Å². The van der Waals surface area contributed by atoms with Crippen LogP contribution in [0.2, 0.25) is 5.02 Å². The minimum Gasteiger partial charge on any atom is -0.490 e. The quantitative estimate of drug-likeness (QED) is 0.660. The summed E-state index contributed by atoms with van der Waals surface area (Å²) in [5, 5.41) is 0.723. The second kappa shape index (κ2) is 6.30. The Balaban J connectivity index is 2.24. The van der Waals surface area contributed by atoms with Crippen LogP contribution in [0, 0.1) is 0 Å². The number of hydrogen-bond donors (Lipinski definition) is 0. The Hall–Kier alpha value is -2.31. The van der Waals surface area contributed by atoms with E-state index >= 15 is 0 Å². The van der Waals surface area contributed by atoms with Crippen molar-refractivity contribution < 1.29 is 17.6 Å². The van der Waals surface area contributed by atoms with Crippen molar-refractivity contribution in [3.8, 4) is 5.75 Å². The monoisotopic (exact) mass is 364 g/mol. The lowest BCUT2D eigenvalue weighted by molar-refractivity contribution is 0.336. The zero-order valence-corrected chi connectivity index (χ0v) is 14.2. The molecule has 0 unspecified atom stereocenters. The Bertz CT molecular complexity index is 1070. The van der Waals surface area contributed by atoms with Crippen LogP contribution in [0.15, 0.2) is 67.5 Å². The molecule has 3 rings (SSSR count). The molecule has 0 spiro atoms. The molecule has 5 nitrogen and oxygen atoms in total. The molecular weight excluding hydrogens is 352 g/mol. The summed E-state index contributed by atoms with van der Waals surface area (Å²) in [5.41, 5.74) is -0.732. The van der Waals surface area contributed by atoms with E-state index in [1.165, 1.54) is 24.3 Å². The molecule has 7 heteroatoms. The first-order chi connectivity index (χ1) is 11.4. The summed E-state index contributed by atoms with van der Waals surface area (Å²) in [5.74, 6) is 0.388. The molecule has 0 atom stereocenters. The van der Waals surface area contributed by atoms with E-state index in [9.17, 15) is 13.2 Å². The number of benzene rings is 2. The zero-order valence-electron chi connectivity index (χ0n) is 12.7. The predicted octanol–water partition coefficient (Wildman–Crippen LogP) is 3.68. The van der Waals surface area contributed by atoms with Crippen molar-refractivity contribution in [2.45, 2.75) is 16.7 Å². The average Bonchev–Trinajstić information content (AvgIpc) is 2.55. The van der Waals surface area contributed by atoms with Gasteiger partial charge in [0.25, 0.3) is 0 Å². The molecule has 0 N–H and O–H groups in total. The highest BCUT2D eigenvalue weighted by molar-refractivity contribution is 7.91. The zero-order chi connectivity index (χ0) is 17.3. The van der Waals surface area contributed by atoms with Gasteiger partial charge in [-0.1, -0.05) is 29.8 Å². The molecule has 124 valence electrons. The van der Waals surface area contributed by atoms with Gasteiger partial charge in [0, 0.05) is 10.4 Å². The molecule has 0 saturated heterocycles. The molecule has 0 aliphatic carbocycles. The second-order valence-corrected chi connectivity index (χ2v) is 7.32. The summed E-state index contributed by atoms with van der Waals surface area (Å²) >= 11 is 5.85. The van der Waals surface area contributed by atoms with Crippen LogP contribution < -0.4 is 10.4 Å². The fraction of sp³-hybridized carbons (Fsp3) is 0.118. The fourth-order valence-electron chi connectivity index (χ4n) is 2.32. The van der Waals surface area contributed by atoms with Crippen LogP contribution in [-0.4, -0.2) is 15.0 Å². The summed E-state index contributed by atoms with van der Waals surface area (Å²) in [6.07, 6.45) is 0. The van der Waals surface area contributed by atoms with E-state index in [-0.39, 0.29) is 15.5 Å². The predicted molar refractivity (Wildman–Crippen MR) is 90.6 cm³/mol. The molecule has 24 heavy (non-hydrogen) atoms. The Morgan fingerprint density at radius 2 is 1.88 bits per heavy atom. The van der Waals surface area contributed by atoms with Crippen molar-refractivity contribution in [1.82, 2.24) is 0 Å². The Kier molecular flexibility index (Phi) is 4.34. The third-order valence-electron chi connectivity index (χ3n) is 3.39.